The van der Waals surface area contributed by atoms with Crippen molar-refractivity contribution in [1.29, 1.82) is 0 Å². The number of anilines is 2. The van der Waals surface area contributed by atoms with Gasteiger partial charge in [0.15, 0.2) is 5.17 Å². The maximum atomic E-state index is 13.3. The molecule has 0 spiro atoms. The molecule has 0 unspecified atom stereocenters. The van der Waals surface area contributed by atoms with Gasteiger partial charge in [-0.1, -0.05) is 6.08 Å². The molecule has 2 aromatic rings. The Labute approximate surface area is 224 Å². The van der Waals surface area contributed by atoms with Crippen LogP contribution in [0.4, 0.5) is 17.1 Å². The molecule has 2 saturated heterocycles. The third-order valence-corrected chi connectivity index (χ3v) is 8.55. The number of aliphatic imine (C=N–C) groups is 1. The van der Waals surface area contributed by atoms with Crippen molar-refractivity contribution < 1.29 is 9.53 Å². The summed E-state index contributed by atoms with van der Waals surface area (Å²) in [6.07, 6.45) is 4.34. The zero-order valence-electron chi connectivity index (χ0n) is 22.7. The lowest BCUT2D eigenvalue weighted by Crippen LogP contribution is -2.42. The van der Waals surface area contributed by atoms with Crippen molar-refractivity contribution in [2.24, 2.45) is 4.99 Å². The number of carbonyl (C=O) groups is 1. The fraction of sp³-hybridized carbons (Fsp3) is 0.400. The largest absolute Gasteiger partial charge is 0.378 e. The van der Waals surface area contributed by atoms with E-state index in [1.165, 1.54) is 34.3 Å². The van der Waals surface area contributed by atoms with Crippen molar-refractivity contribution in [3.63, 3.8) is 0 Å². The van der Waals surface area contributed by atoms with Crippen molar-refractivity contribution in [2.75, 3.05) is 49.7 Å². The summed E-state index contributed by atoms with van der Waals surface area (Å²) in [5.74, 6) is 0.0128. The van der Waals surface area contributed by atoms with Gasteiger partial charge in [0, 0.05) is 43.6 Å². The van der Waals surface area contributed by atoms with Gasteiger partial charge in [-0.3, -0.25) is 9.69 Å². The number of ether oxygens (including phenoxy) is 1. The van der Waals surface area contributed by atoms with Crippen LogP contribution in [0.5, 0.6) is 0 Å². The van der Waals surface area contributed by atoms with Crippen LogP contribution in [-0.2, 0) is 9.53 Å². The number of aryl methyl sites for hydroxylation is 1. The van der Waals surface area contributed by atoms with Crippen molar-refractivity contribution in [2.45, 2.75) is 40.2 Å². The van der Waals surface area contributed by atoms with Gasteiger partial charge in [0.05, 0.1) is 29.3 Å². The molecule has 0 saturated carbocycles. The van der Waals surface area contributed by atoms with Gasteiger partial charge in [0.25, 0.3) is 5.91 Å². The molecule has 0 N–H and O–H groups in total. The maximum absolute atomic E-state index is 13.3. The maximum Gasteiger partial charge on any atom is 0.266 e. The van der Waals surface area contributed by atoms with Gasteiger partial charge in [-0.05, 0) is 106 Å². The van der Waals surface area contributed by atoms with E-state index in [-0.39, 0.29) is 11.4 Å². The number of hydrogen-bond donors (Lipinski definition) is 0. The standard InChI is InChI=1S/C30H36N4O2S/c1-7-34-28(35)27(18-22-17-25-21(3)19-30(4,5)32(6)26(25)16-20(22)2)37-29(34)31-23-8-10-24(11-9-23)33-12-14-36-15-13-33/h8-11,16-19H,7,12-15H2,1-6H3/b27-18-,31-29?. The summed E-state index contributed by atoms with van der Waals surface area (Å²) in [6, 6.07) is 12.7. The van der Waals surface area contributed by atoms with Gasteiger partial charge in [-0.2, -0.15) is 0 Å². The first-order valence-corrected chi connectivity index (χ1v) is 13.8. The molecule has 2 fully saturated rings. The van der Waals surface area contributed by atoms with E-state index in [0.29, 0.717) is 11.4 Å². The van der Waals surface area contributed by atoms with Crippen molar-refractivity contribution in [3.8, 4) is 0 Å². The minimum atomic E-state index is -0.0336. The van der Waals surface area contributed by atoms with Gasteiger partial charge in [-0.25, -0.2) is 4.99 Å². The highest BCUT2D eigenvalue weighted by Crippen LogP contribution is 2.41. The number of rotatable bonds is 4. The molecule has 0 aromatic heterocycles. The summed E-state index contributed by atoms with van der Waals surface area (Å²) in [4.78, 5) is 25.3. The summed E-state index contributed by atoms with van der Waals surface area (Å²) in [5.41, 5.74) is 7.94. The third kappa shape index (κ3) is 4.94. The summed E-state index contributed by atoms with van der Waals surface area (Å²) >= 11 is 1.46. The van der Waals surface area contributed by atoms with Gasteiger partial charge in [-0.15, -0.1) is 0 Å². The lowest BCUT2D eigenvalue weighted by molar-refractivity contribution is -0.122. The number of carbonyl (C=O) groups excluding carboxylic acids is 1. The average Bonchev–Trinajstić information content (AvgIpc) is 3.17. The molecule has 194 valence electrons. The molecule has 37 heavy (non-hydrogen) atoms. The van der Waals surface area contributed by atoms with Crippen LogP contribution in [0, 0.1) is 6.92 Å². The summed E-state index contributed by atoms with van der Waals surface area (Å²) in [5, 5.41) is 0.728. The molecular weight excluding hydrogens is 480 g/mol. The first-order chi connectivity index (χ1) is 17.7. The van der Waals surface area contributed by atoms with Crippen molar-refractivity contribution in [3.05, 3.63) is 64.1 Å². The van der Waals surface area contributed by atoms with E-state index < -0.39 is 0 Å². The van der Waals surface area contributed by atoms with Gasteiger partial charge in [0.2, 0.25) is 0 Å². The summed E-state index contributed by atoms with van der Waals surface area (Å²) in [7, 11) is 2.14. The molecule has 3 aliphatic heterocycles. The Morgan fingerprint density at radius 2 is 1.81 bits per heavy atom. The highest BCUT2D eigenvalue weighted by molar-refractivity contribution is 8.18. The first-order valence-electron chi connectivity index (χ1n) is 13.0. The van der Waals surface area contributed by atoms with E-state index in [4.69, 9.17) is 9.73 Å². The number of amides is 1. The van der Waals surface area contributed by atoms with Gasteiger partial charge in [0.1, 0.15) is 0 Å². The summed E-state index contributed by atoms with van der Waals surface area (Å²) < 4.78 is 5.46. The van der Waals surface area contributed by atoms with Crippen LogP contribution in [0.2, 0.25) is 0 Å². The van der Waals surface area contributed by atoms with E-state index in [2.05, 4.69) is 74.9 Å². The molecule has 0 aliphatic carbocycles. The van der Waals surface area contributed by atoms with Crippen LogP contribution in [0.15, 0.2) is 52.4 Å². The van der Waals surface area contributed by atoms with E-state index in [0.717, 1.165) is 48.3 Å². The molecule has 3 heterocycles. The van der Waals surface area contributed by atoms with Crippen LogP contribution in [0.1, 0.15) is 44.4 Å². The predicted octanol–water partition coefficient (Wildman–Crippen LogP) is 6.09. The van der Waals surface area contributed by atoms with Crippen molar-refractivity contribution in [1.82, 2.24) is 4.90 Å². The highest BCUT2D eigenvalue weighted by atomic mass is 32.2. The number of likely N-dealkylation sites (N-methyl/N-ethyl adjacent to an activating group) is 2. The second-order valence-electron chi connectivity index (χ2n) is 10.4. The number of fused-ring (bicyclic) bond motifs is 1. The van der Waals surface area contributed by atoms with E-state index in [1.54, 1.807) is 4.90 Å². The Morgan fingerprint density at radius 3 is 2.49 bits per heavy atom. The minimum Gasteiger partial charge on any atom is -0.378 e. The molecule has 1 amide bonds. The van der Waals surface area contributed by atoms with Gasteiger partial charge < -0.3 is 14.5 Å². The Balaban J connectivity index is 1.42. The minimum absolute atomic E-state index is 0.0128. The SMILES string of the molecule is CCN1C(=O)/C(=C/c2cc3c(cc2C)N(C)C(C)(C)C=C3C)SC1=Nc1ccc(N2CCOCC2)cc1. The Bertz CT molecular complexity index is 1300. The lowest BCUT2D eigenvalue weighted by atomic mass is 9.87. The van der Waals surface area contributed by atoms with Crippen molar-refractivity contribution >= 4 is 51.5 Å². The number of amidine groups is 1. The van der Waals surface area contributed by atoms with Crippen LogP contribution in [0.25, 0.3) is 11.6 Å². The molecular formula is C30H36N4O2S. The number of morpholine rings is 1. The second kappa shape index (κ2) is 10.0. The molecule has 0 bridgehead atoms. The van der Waals surface area contributed by atoms with Crippen LogP contribution in [0.3, 0.4) is 0 Å². The van der Waals surface area contributed by atoms with Gasteiger partial charge >= 0.3 is 0 Å². The zero-order valence-corrected chi connectivity index (χ0v) is 23.5. The zero-order chi connectivity index (χ0) is 26.3. The average molecular weight is 517 g/mol. The molecule has 0 radical (unpaired) electrons. The number of nitrogens with zero attached hydrogens (tertiary/aromatic N) is 4. The van der Waals surface area contributed by atoms with E-state index in [9.17, 15) is 4.79 Å². The monoisotopic (exact) mass is 516 g/mol. The Morgan fingerprint density at radius 1 is 1.11 bits per heavy atom. The molecule has 6 nitrogen and oxygen atoms in total. The fourth-order valence-electron chi connectivity index (χ4n) is 5.15. The molecule has 3 aliphatic rings. The summed E-state index contributed by atoms with van der Waals surface area (Å²) in [6.45, 7) is 14.7. The van der Waals surface area contributed by atoms with Crippen LogP contribution < -0.4 is 9.80 Å². The number of thioether (sulfide) groups is 1. The molecule has 5 rings (SSSR count). The predicted molar refractivity (Wildman–Crippen MR) is 157 cm³/mol. The smallest absolute Gasteiger partial charge is 0.266 e. The quantitative estimate of drug-likeness (QED) is 0.461. The Hall–Kier alpha value is -3.03. The highest BCUT2D eigenvalue weighted by Gasteiger charge is 2.33. The Kier molecular flexibility index (Phi) is 6.94. The van der Waals surface area contributed by atoms with E-state index in [1.807, 2.05) is 25.1 Å². The topological polar surface area (TPSA) is 48.4 Å². The lowest BCUT2D eigenvalue weighted by Gasteiger charge is -2.41. The number of benzene rings is 2. The van der Waals surface area contributed by atoms with E-state index >= 15 is 0 Å². The third-order valence-electron chi connectivity index (χ3n) is 7.55. The second-order valence-corrected chi connectivity index (χ2v) is 11.4. The number of allylic oxidation sites excluding steroid dienone is 1. The molecule has 0 atom stereocenters. The normalized spacial score (nSPS) is 21.6. The molecule has 2 aromatic carbocycles. The first kappa shape index (κ1) is 25.6. The van der Waals surface area contributed by atoms with Crippen LogP contribution >= 0.6 is 11.8 Å². The number of hydrogen-bond acceptors (Lipinski definition) is 6. The fourth-order valence-corrected chi connectivity index (χ4v) is 6.21. The van der Waals surface area contributed by atoms with Crippen LogP contribution in [-0.4, -0.2) is 61.4 Å². The molecule has 7 heteroatoms.